The van der Waals surface area contributed by atoms with Crippen molar-refractivity contribution in [3.05, 3.63) is 58.9 Å². The van der Waals surface area contributed by atoms with E-state index in [1.54, 1.807) is 4.72 Å². The fourth-order valence-corrected chi connectivity index (χ4v) is 3.43. The van der Waals surface area contributed by atoms with Crippen molar-refractivity contribution in [1.29, 1.82) is 0 Å². The van der Waals surface area contributed by atoms with Gasteiger partial charge >= 0.3 is 10.2 Å². The Bertz CT molecular complexity index is 1090. The van der Waals surface area contributed by atoms with Crippen molar-refractivity contribution in [3.63, 3.8) is 0 Å². The largest absolute Gasteiger partial charge is 0.506 e. The minimum atomic E-state index is -4.35. The van der Waals surface area contributed by atoms with Gasteiger partial charge in [-0.05, 0) is 24.3 Å². The highest BCUT2D eigenvalue weighted by atomic mass is 32.2. The Morgan fingerprint density at radius 1 is 1.04 bits per heavy atom. The van der Waals surface area contributed by atoms with Crippen molar-refractivity contribution in [1.82, 2.24) is 4.72 Å². The lowest BCUT2D eigenvalue weighted by Gasteiger charge is -2.17. The summed E-state index contributed by atoms with van der Waals surface area (Å²) in [5, 5.41) is 9.82. The van der Waals surface area contributed by atoms with Crippen LogP contribution < -0.4 is 9.03 Å². The van der Waals surface area contributed by atoms with E-state index >= 15 is 0 Å². The van der Waals surface area contributed by atoms with E-state index in [9.17, 15) is 31.5 Å². The van der Waals surface area contributed by atoms with Gasteiger partial charge in [0.2, 0.25) is 0 Å². The Morgan fingerprint density at radius 2 is 1.69 bits per heavy atom. The number of halogens is 3. The molecule has 1 aliphatic rings. The zero-order valence-electron chi connectivity index (χ0n) is 12.8. The number of hydrogen-bond donors (Lipinski definition) is 2. The first kappa shape index (κ1) is 17.6. The Labute approximate surface area is 146 Å². The lowest BCUT2D eigenvalue weighted by molar-refractivity contribution is -0.117. The van der Waals surface area contributed by atoms with Crippen molar-refractivity contribution in [2.24, 2.45) is 0 Å². The minimum absolute atomic E-state index is 0.329. The number of carbonyl (C=O) groups is 1. The molecular weight excluding hydrogens is 373 g/mol. The maximum Gasteiger partial charge on any atom is 0.326 e. The molecule has 1 fully saturated rings. The standard InChI is InChI=1S/C16H9F3N2O4S/c17-11-3-1-2-9(14(11)18)4-5-10-6-7-12(22)16(15(10)19)21-8-13(23)20-26(21,24)25/h1-3,6-7,22H,8H2,(H,20,23). The van der Waals surface area contributed by atoms with E-state index in [0.29, 0.717) is 4.31 Å². The molecule has 0 aliphatic carbocycles. The summed E-state index contributed by atoms with van der Waals surface area (Å²) in [7, 11) is -4.35. The van der Waals surface area contributed by atoms with Gasteiger partial charge in [0.1, 0.15) is 18.0 Å². The lowest BCUT2D eigenvalue weighted by Crippen LogP contribution is -2.30. The van der Waals surface area contributed by atoms with Gasteiger partial charge in [-0.3, -0.25) is 4.79 Å². The van der Waals surface area contributed by atoms with E-state index in [4.69, 9.17) is 0 Å². The average molecular weight is 382 g/mol. The molecule has 3 rings (SSSR count). The van der Waals surface area contributed by atoms with Gasteiger partial charge in [0.15, 0.2) is 17.5 Å². The Balaban J connectivity index is 2.09. The van der Waals surface area contributed by atoms with Crippen LogP contribution in [0.25, 0.3) is 0 Å². The van der Waals surface area contributed by atoms with Crippen LogP contribution >= 0.6 is 0 Å². The molecule has 2 N–H and O–H groups in total. The summed E-state index contributed by atoms with van der Waals surface area (Å²) in [4.78, 5) is 11.3. The second-order valence-corrected chi connectivity index (χ2v) is 6.78. The van der Waals surface area contributed by atoms with E-state index in [2.05, 4.69) is 11.8 Å². The van der Waals surface area contributed by atoms with E-state index in [-0.39, 0.29) is 11.1 Å². The van der Waals surface area contributed by atoms with Gasteiger partial charge in [0, 0.05) is 0 Å². The Kier molecular flexibility index (Phi) is 4.25. The molecular formula is C16H9F3N2O4S. The van der Waals surface area contributed by atoms with Crippen LogP contribution in [0.2, 0.25) is 0 Å². The Morgan fingerprint density at radius 3 is 2.31 bits per heavy atom. The van der Waals surface area contributed by atoms with Crippen molar-refractivity contribution in [3.8, 4) is 17.6 Å². The summed E-state index contributed by atoms with van der Waals surface area (Å²) in [6, 6.07) is 5.30. The molecule has 1 amide bonds. The van der Waals surface area contributed by atoms with Crippen LogP contribution in [-0.2, 0) is 15.0 Å². The number of aromatic hydroxyl groups is 1. The number of rotatable bonds is 1. The zero-order chi connectivity index (χ0) is 19.1. The Hall–Kier alpha value is -3.19. The molecule has 1 saturated heterocycles. The molecule has 0 atom stereocenters. The number of nitrogens with one attached hydrogen (secondary N) is 1. The molecule has 0 unspecified atom stereocenters. The van der Waals surface area contributed by atoms with Gasteiger partial charge < -0.3 is 5.11 Å². The minimum Gasteiger partial charge on any atom is -0.506 e. The second-order valence-electron chi connectivity index (χ2n) is 5.18. The van der Waals surface area contributed by atoms with Gasteiger partial charge in [-0.15, -0.1) is 0 Å². The maximum atomic E-state index is 14.7. The average Bonchev–Trinajstić information content (AvgIpc) is 2.83. The molecule has 0 radical (unpaired) electrons. The molecule has 134 valence electrons. The predicted octanol–water partition coefficient (Wildman–Crippen LogP) is 1.39. The first-order valence-corrected chi connectivity index (χ1v) is 8.45. The number of hydrogen-bond acceptors (Lipinski definition) is 4. The quantitative estimate of drug-likeness (QED) is 0.730. The molecule has 1 aliphatic heterocycles. The van der Waals surface area contributed by atoms with Gasteiger partial charge in [-0.1, -0.05) is 17.9 Å². The van der Waals surface area contributed by atoms with Gasteiger partial charge in [-0.2, -0.15) is 8.42 Å². The van der Waals surface area contributed by atoms with Crippen LogP contribution in [0.3, 0.4) is 0 Å². The molecule has 10 heteroatoms. The second kappa shape index (κ2) is 6.27. The van der Waals surface area contributed by atoms with Crippen LogP contribution in [0.4, 0.5) is 18.9 Å². The highest BCUT2D eigenvalue weighted by molar-refractivity contribution is 7.92. The molecule has 0 aromatic heterocycles. The third-order valence-electron chi connectivity index (χ3n) is 3.45. The molecule has 2 aromatic carbocycles. The predicted molar refractivity (Wildman–Crippen MR) is 84.8 cm³/mol. The van der Waals surface area contributed by atoms with Crippen molar-refractivity contribution in [2.75, 3.05) is 10.8 Å². The van der Waals surface area contributed by atoms with E-state index < -0.39 is 51.5 Å². The number of carbonyl (C=O) groups excluding carboxylic acids is 1. The summed E-state index contributed by atoms with van der Waals surface area (Å²) >= 11 is 0. The summed E-state index contributed by atoms with van der Waals surface area (Å²) in [6.07, 6.45) is 0. The number of phenols is 1. The molecule has 6 nitrogen and oxygen atoms in total. The smallest absolute Gasteiger partial charge is 0.326 e. The molecule has 0 spiro atoms. The van der Waals surface area contributed by atoms with Gasteiger partial charge in [0.05, 0.1) is 11.1 Å². The summed E-state index contributed by atoms with van der Waals surface area (Å²) < 4.78 is 67.1. The number of amides is 1. The first-order valence-electron chi connectivity index (χ1n) is 7.01. The van der Waals surface area contributed by atoms with Gasteiger partial charge in [-0.25, -0.2) is 22.2 Å². The number of phenolic OH excluding ortho intramolecular Hbond substituents is 1. The fraction of sp³-hybridized carbons (Fsp3) is 0.0625. The lowest BCUT2D eigenvalue weighted by atomic mass is 10.1. The highest BCUT2D eigenvalue weighted by Crippen LogP contribution is 2.34. The highest BCUT2D eigenvalue weighted by Gasteiger charge is 2.37. The monoisotopic (exact) mass is 382 g/mol. The third kappa shape index (κ3) is 3.04. The summed E-state index contributed by atoms with van der Waals surface area (Å²) in [5.74, 6) is -0.702. The maximum absolute atomic E-state index is 14.7. The van der Waals surface area contributed by atoms with Crippen LogP contribution in [0.15, 0.2) is 30.3 Å². The zero-order valence-corrected chi connectivity index (χ0v) is 13.6. The number of anilines is 1. The van der Waals surface area contributed by atoms with Crippen molar-refractivity contribution < 1.29 is 31.5 Å². The van der Waals surface area contributed by atoms with Crippen LogP contribution in [0.5, 0.6) is 5.75 Å². The van der Waals surface area contributed by atoms with E-state index in [1.807, 2.05) is 0 Å². The SMILES string of the molecule is O=C1CN(c2c(O)ccc(C#Cc3cccc(F)c3F)c2F)S(=O)(=O)N1. The normalized spacial score (nSPS) is 15.3. The van der Waals surface area contributed by atoms with Crippen LogP contribution in [0, 0.1) is 29.3 Å². The third-order valence-corrected chi connectivity index (χ3v) is 4.83. The first-order chi connectivity index (χ1) is 12.2. The van der Waals surface area contributed by atoms with Crippen molar-refractivity contribution in [2.45, 2.75) is 0 Å². The van der Waals surface area contributed by atoms with Gasteiger partial charge in [0.25, 0.3) is 5.91 Å². The van der Waals surface area contributed by atoms with Crippen molar-refractivity contribution >= 4 is 21.8 Å². The van der Waals surface area contributed by atoms with E-state index in [1.165, 1.54) is 12.1 Å². The topological polar surface area (TPSA) is 86.7 Å². The van der Waals surface area contributed by atoms with E-state index in [0.717, 1.165) is 18.2 Å². The fourth-order valence-electron chi connectivity index (χ4n) is 2.27. The summed E-state index contributed by atoms with van der Waals surface area (Å²) in [5.41, 5.74) is -1.48. The summed E-state index contributed by atoms with van der Waals surface area (Å²) in [6.45, 7) is -0.720. The molecule has 1 heterocycles. The number of nitrogens with zero attached hydrogens (tertiary/aromatic N) is 1. The molecule has 2 aromatic rings. The molecule has 0 saturated carbocycles. The van der Waals surface area contributed by atoms with Crippen LogP contribution in [0.1, 0.15) is 11.1 Å². The molecule has 0 bridgehead atoms. The molecule has 26 heavy (non-hydrogen) atoms. The number of benzene rings is 2. The van der Waals surface area contributed by atoms with Crippen LogP contribution in [-0.4, -0.2) is 26.0 Å².